The first-order valence-corrected chi connectivity index (χ1v) is 5.54. The van der Waals surface area contributed by atoms with Crippen LogP contribution >= 0.6 is 0 Å². The zero-order valence-corrected chi connectivity index (χ0v) is 9.32. The van der Waals surface area contributed by atoms with E-state index in [9.17, 15) is 4.79 Å². The van der Waals surface area contributed by atoms with Crippen LogP contribution in [-0.2, 0) is 0 Å². The third-order valence-electron chi connectivity index (χ3n) is 2.70. The Morgan fingerprint density at radius 3 is 3.12 bits per heavy atom. The van der Waals surface area contributed by atoms with Gasteiger partial charge in [0.25, 0.3) is 5.91 Å². The highest BCUT2D eigenvalue weighted by Crippen LogP contribution is 2.26. The van der Waals surface area contributed by atoms with Gasteiger partial charge in [0, 0.05) is 5.69 Å². The first kappa shape index (κ1) is 10.8. The van der Waals surface area contributed by atoms with E-state index in [0.29, 0.717) is 23.6 Å². The van der Waals surface area contributed by atoms with Crippen LogP contribution in [0.4, 0.5) is 5.69 Å². The fourth-order valence-corrected chi connectivity index (χ4v) is 1.90. The molecule has 0 unspecified atom stereocenters. The molecule has 1 heterocycles. The van der Waals surface area contributed by atoms with Gasteiger partial charge in [0.1, 0.15) is 17.9 Å². The van der Waals surface area contributed by atoms with Gasteiger partial charge >= 0.3 is 0 Å². The van der Waals surface area contributed by atoms with Gasteiger partial charge in [-0.2, -0.15) is 0 Å². The smallest absolute Gasteiger partial charge is 0.257 e. The fourth-order valence-electron chi connectivity index (χ4n) is 1.90. The molecule has 0 bridgehead atoms. The Morgan fingerprint density at radius 1 is 1.56 bits per heavy atom. The quantitative estimate of drug-likeness (QED) is 0.743. The topological polar surface area (TPSA) is 64.3 Å². The van der Waals surface area contributed by atoms with Crippen molar-refractivity contribution in [2.75, 3.05) is 12.3 Å². The number of carbonyl (C=O) groups excluding carboxylic acids is 1. The minimum atomic E-state index is -0.135. The summed E-state index contributed by atoms with van der Waals surface area (Å²) in [7, 11) is 0. The molecule has 1 aromatic rings. The molecule has 1 amide bonds. The molecule has 1 aliphatic rings. The van der Waals surface area contributed by atoms with Crippen LogP contribution in [0, 0.1) is 0 Å². The summed E-state index contributed by atoms with van der Waals surface area (Å²) in [5.41, 5.74) is 6.70. The minimum Gasteiger partial charge on any atom is -0.491 e. The van der Waals surface area contributed by atoms with E-state index in [4.69, 9.17) is 10.5 Å². The van der Waals surface area contributed by atoms with Crippen molar-refractivity contribution in [1.82, 2.24) is 5.32 Å². The van der Waals surface area contributed by atoms with Gasteiger partial charge in [0.2, 0.25) is 0 Å². The maximum absolute atomic E-state index is 11.9. The molecule has 4 nitrogen and oxygen atoms in total. The SMILES string of the molecule is CCC[C@H]1COc2cccc(N)c2C(=O)N1. The number of nitrogens with two attached hydrogens (primary N) is 1. The van der Waals surface area contributed by atoms with Gasteiger partial charge in [0.15, 0.2) is 0 Å². The third kappa shape index (κ3) is 1.96. The minimum absolute atomic E-state index is 0.0734. The second-order valence-electron chi connectivity index (χ2n) is 3.99. The van der Waals surface area contributed by atoms with Crippen LogP contribution < -0.4 is 15.8 Å². The Hall–Kier alpha value is -1.71. The Bertz CT molecular complexity index is 404. The lowest BCUT2D eigenvalue weighted by Gasteiger charge is -2.13. The summed E-state index contributed by atoms with van der Waals surface area (Å²) in [4.78, 5) is 11.9. The maximum Gasteiger partial charge on any atom is 0.257 e. The highest BCUT2D eigenvalue weighted by Gasteiger charge is 2.23. The summed E-state index contributed by atoms with van der Waals surface area (Å²) < 4.78 is 5.60. The van der Waals surface area contributed by atoms with Crippen molar-refractivity contribution >= 4 is 11.6 Å². The Balaban J connectivity index is 2.29. The molecular weight excluding hydrogens is 204 g/mol. The van der Waals surface area contributed by atoms with E-state index >= 15 is 0 Å². The number of carbonyl (C=O) groups is 1. The number of anilines is 1. The molecule has 4 heteroatoms. The largest absolute Gasteiger partial charge is 0.491 e. The molecule has 1 atom stereocenters. The fraction of sp³-hybridized carbons (Fsp3) is 0.417. The van der Waals surface area contributed by atoms with Gasteiger partial charge in [-0.25, -0.2) is 0 Å². The summed E-state index contributed by atoms with van der Waals surface area (Å²) in [6.45, 7) is 2.59. The van der Waals surface area contributed by atoms with Crippen LogP contribution in [0.2, 0.25) is 0 Å². The molecule has 0 aliphatic carbocycles. The number of amides is 1. The van der Waals surface area contributed by atoms with Crippen LogP contribution in [0.1, 0.15) is 30.1 Å². The average Bonchev–Trinajstić information content (AvgIpc) is 2.40. The summed E-state index contributed by atoms with van der Waals surface area (Å²) >= 11 is 0. The lowest BCUT2D eigenvalue weighted by molar-refractivity contribution is 0.0937. The molecule has 0 saturated heterocycles. The van der Waals surface area contributed by atoms with E-state index in [1.807, 2.05) is 0 Å². The second kappa shape index (κ2) is 4.43. The van der Waals surface area contributed by atoms with Gasteiger partial charge in [-0.3, -0.25) is 4.79 Å². The van der Waals surface area contributed by atoms with E-state index in [2.05, 4.69) is 12.2 Å². The number of hydrogen-bond donors (Lipinski definition) is 2. The lowest BCUT2D eigenvalue weighted by atomic mass is 10.1. The van der Waals surface area contributed by atoms with Gasteiger partial charge < -0.3 is 15.8 Å². The Labute approximate surface area is 94.8 Å². The first-order chi connectivity index (χ1) is 7.72. The number of nitrogen functional groups attached to an aromatic ring is 1. The van der Waals surface area contributed by atoms with Crippen LogP contribution in [0.25, 0.3) is 0 Å². The number of benzene rings is 1. The van der Waals surface area contributed by atoms with Crippen molar-refractivity contribution < 1.29 is 9.53 Å². The van der Waals surface area contributed by atoms with E-state index in [0.717, 1.165) is 12.8 Å². The monoisotopic (exact) mass is 220 g/mol. The zero-order valence-electron chi connectivity index (χ0n) is 9.32. The molecule has 16 heavy (non-hydrogen) atoms. The van der Waals surface area contributed by atoms with E-state index in [1.54, 1.807) is 18.2 Å². The summed E-state index contributed by atoms with van der Waals surface area (Å²) in [6.07, 6.45) is 1.93. The van der Waals surface area contributed by atoms with Crippen molar-refractivity contribution in [2.24, 2.45) is 0 Å². The summed E-state index contributed by atoms with van der Waals surface area (Å²) in [5.74, 6) is 0.445. The second-order valence-corrected chi connectivity index (χ2v) is 3.99. The van der Waals surface area contributed by atoms with Crippen LogP contribution in [0.3, 0.4) is 0 Å². The number of fused-ring (bicyclic) bond motifs is 1. The summed E-state index contributed by atoms with van der Waals surface area (Å²) in [5, 5.41) is 2.93. The van der Waals surface area contributed by atoms with Crippen molar-refractivity contribution in [3.8, 4) is 5.75 Å². The molecule has 0 radical (unpaired) electrons. The normalized spacial score (nSPS) is 19.3. The van der Waals surface area contributed by atoms with Crippen LogP contribution in [0.5, 0.6) is 5.75 Å². The molecule has 0 aromatic heterocycles. The highest BCUT2D eigenvalue weighted by atomic mass is 16.5. The molecule has 1 aliphatic heterocycles. The predicted molar refractivity (Wildman–Crippen MR) is 62.5 cm³/mol. The predicted octanol–water partition coefficient (Wildman–Crippen LogP) is 1.56. The standard InChI is InChI=1S/C12H16N2O2/c1-2-4-8-7-16-10-6-3-5-9(13)11(10)12(15)14-8/h3,5-6,8H,2,4,7,13H2,1H3,(H,14,15)/t8-/m0/s1. The van der Waals surface area contributed by atoms with Gasteiger partial charge in [0.05, 0.1) is 6.04 Å². The van der Waals surface area contributed by atoms with Crippen LogP contribution in [0.15, 0.2) is 18.2 Å². The van der Waals surface area contributed by atoms with Gasteiger partial charge in [-0.1, -0.05) is 19.4 Å². The molecule has 2 rings (SSSR count). The highest BCUT2D eigenvalue weighted by molar-refractivity contribution is 6.02. The number of nitrogens with one attached hydrogen (secondary N) is 1. The molecule has 86 valence electrons. The van der Waals surface area contributed by atoms with Crippen molar-refractivity contribution in [1.29, 1.82) is 0 Å². The lowest BCUT2D eigenvalue weighted by Crippen LogP contribution is -2.36. The van der Waals surface area contributed by atoms with E-state index < -0.39 is 0 Å². The molecule has 0 saturated carbocycles. The van der Waals surface area contributed by atoms with E-state index in [1.165, 1.54) is 0 Å². The maximum atomic E-state index is 11.9. The molecular formula is C12H16N2O2. The van der Waals surface area contributed by atoms with Crippen molar-refractivity contribution in [3.05, 3.63) is 23.8 Å². The molecule has 0 fully saturated rings. The number of rotatable bonds is 2. The van der Waals surface area contributed by atoms with Crippen molar-refractivity contribution in [2.45, 2.75) is 25.8 Å². The van der Waals surface area contributed by atoms with E-state index in [-0.39, 0.29) is 11.9 Å². The Morgan fingerprint density at radius 2 is 2.38 bits per heavy atom. The van der Waals surface area contributed by atoms with Gasteiger partial charge in [-0.15, -0.1) is 0 Å². The first-order valence-electron chi connectivity index (χ1n) is 5.54. The number of hydrogen-bond acceptors (Lipinski definition) is 3. The number of ether oxygens (including phenoxy) is 1. The van der Waals surface area contributed by atoms with Crippen molar-refractivity contribution in [3.63, 3.8) is 0 Å². The summed E-state index contributed by atoms with van der Waals surface area (Å²) in [6, 6.07) is 5.35. The van der Waals surface area contributed by atoms with Crippen LogP contribution in [-0.4, -0.2) is 18.6 Å². The molecule has 1 aromatic carbocycles. The average molecular weight is 220 g/mol. The zero-order chi connectivity index (χ0) is 11.5. The van der Waals surface area contributed by atoms with Gasteiger partial charge in [-0.05, 0) is 18.6 Å². The molecule has 0 spiro atoms. The Kier molecular flexibility index (Phi) is 2.99. The third-order valence-corrected chi connectivity index (χ3v) is 2.70. The molecule has 3 N–H and O–H groups in total.